The summed E-state index contributed by atoms with van der Waals surface area (Å²) < 4.78 is 12.6. The van der Waals surface area contributed by atoms with E-state index in [2.05, 4.69) is 10.1 Å². The van der Waals surface area contributed by atoms with Gasteiger partial charge in [0, 0.05) is 5.56 Å². The average molecular weight is 365 g/mol. The zero-order valence-electron chi connectivity index (χ0n) is 14.2. The minimum absolute atomic E-state index is 0.204. The lowest BCUT2D eigenvalue weighted by molar-refractivity contribution is 0.414. The van der Waals surface area contributed by atoms with Crippen LogP contribution in [0.4, 0.5) is 0 Å². The van der Waals surface area contributed by atoms with Crippen LogP contribution in [0.1, 0.15) is 5.56 Å². The first-order chi connectivity index (χ1) is 12.7. The van der Waals surface area contributed by atoms with Crippen LogP contribution >= 0.6 is 11.3 Å². The van der Waals surface area contributed by atoms with E-state index in [1.54, 1.807) is 20.3 Å². The van der Waals surface area contributed by atoms with Gasteiger partial charge in [0.05, 0.1) is 24.3 Å². The van der Waals surface area contributed by atoms with Gasteiger partial charge in [-0.15, -0.1) is 5.10 Å². The van der Waals surface area contributed by atoms with E-state index in [9.17, 15) is 4.79 Å². The lowest BCUT2D eigenvalue weighted by atomic mass is 10.2. The van der Waals surface area contributed by atoms with E-state index in [4.69, 9.17) is 9.47 Å². The Morgan fingerprint density at radius 1 is 1.00 bits per heavy atom. The minimum atomic E-state index is -0.204. The highest BCUT2D eigenvalue weighted by atomic mass is 32.1. The van der Waals surface area contributed by atoms with Gasteiger partial charge in [0.1, 0.15) is 11.5 Å². The molecule has 2 aromatic carbocycles. The summed E-state index contributed by atoms with van der Waals surface area (Å²) in [5, 5.41) is 4.37. The van der Waals surface area contributed by atoms with Crippen LogP contribution in [0.2, 0.25) is 0 Å². The molecule has 26 heavy (non-hydrogen) atoms. The third-order valence-corrected chi connectivity index (χ3v) is 4.91. The van der Waals surface area contributed by atoms with Gasteiger partial charge in [-0.3, -0.25) is 4.79 Å². The second-order valence-corrected chi connectivity index (χ2v) is 6.50. The molecule has 2 aromatic heterocycles. The molecule has 0 atom stereocenters. The highest BCUT2D eigenvalue weighted by Gasteiger charge is 2.15. The molecule has 4 rings (SSSR count). The maximum atomic E-state index is 12.7. The number of thiazole rings is 1. The number of para-hydroxylation sites is 2. The predicted molar refractivity (Wildman–Crippen MR) is 101 cm³/mol. The Hall–Kier alpha value is -3.19. The first kappa shape index (κ1) is 16.3. The van der Waals surface area contributed by atoms with Crippen molar-refractivity contribution in [2.24, 2.45) is 0 Å². The summed E-state index contributed by atoms with van der Waals surface area (Å²) in [7, 11) is 3.20. The third-order valence-electron chi connectivity index (χ3n) is 3.96. The SMILES string of the molecule is COc1ccccc1/C=c1/sc2nc(-c3ccccc3OC)nn2c1=O. The Morgan fingerprint density at radius 2 is 1.69 bits per heavy atom. The van der Waals surface area contributed by atoms with E-state index in [-0.39, 0.29) is 5.56 Å². The molecule has 0 bridgehead atoms. The van der Waals surface area contributed by atoms with Crippen molar-refractivity contribution < 1.29 is 9.47 Å². The number of aromatic nitrogens is 3. The van der Waals surface area contributed by atoms with Gasteiger partial charge in [0.25, 0.3) is 5.56 Å². The summed E-state index contributed by atoms with van der Waals surface area (Å²) in [5.74, 6) is 1.84. The molecule has 0 saturated carbocycles. The second-order valence-electron chi connectivity index (χ2n) is 5.49. The number of hydrogen-bond acceptors (Lipinski definition) is 6. The van der Waals surface area contributed by atoms with Crippen molar-refractivity contribution in [1.29, 1.82) is 0 Å². The van der Waals surface area contributed by atoms with E-state index < -0.39 is 0 Å². The molecule has 0 aliphatic heterocycles. The van der Waals surface area contributed by atoms with Crippen LogP contribution < -0.4 is 19.6 Å². The van der Waals surface area contributed by atoms with Crippen molar-refractivity contribution in [1.82, 2.24) is 14.6 Å². The van der Waals surface area contributed by atoms with Crippen LogP contribution in [-0.2, 0) is 0 Å². The summed E-state index contributed by atoms with van der Waals surface area (Å²) in [5.41, 5.74) is 1.38. The fourth-order valence-corrected chi connectivity index (χ4v) is 3.60. The number of hydrogen-bond donors (Lipinski definition) is 0. The Morgan fingerprint density at radius 3 is 2.42 bits per heavy atom. The fraction of sp³-hybridized carbons (Fsp3) is 0.105. The van der Waals surface area contributed by atoms with Crippen LogP contribution in [0.25, 0.3) is 22.4 Å². The lowest BCUT2D eigenvalue weighted by Gasteiger charge is -2.03. The number of ether oxygens (including phenoxy) is 2. The number of benzene rings is 2. The third kappa shape index (κ3) is 2.72. The molecule has 6 nitrogen and oxygen atoms in total. The van der Waals surface area contributed by atoms with Crippen LogP contribution in [-0.4, -0.2) is 28.8 Å². The molecule has 7 heteroatoms. The van der Waals surface area contributed by atoms with Crippen LogP contribution in [0.15, 0.2) is 53.3 Å². The summed E-state index contributed by atoms with van der Waals surface area (Å²) >= 11 is 1.29. The molecule has 130 valence electrons. The van der Waals surface area contributed by atoms with E-state index in [0.717, 1.165) is 11.1 Å². The Bertz CT molecular complexity index is 1200. The Balaban J connectivity index is 1.84. The van der Waals surface area contributed by atoms with Gasteiger partial charge in [-0.1, -0.05) is 41.7 Å². The van der Waals surface area contributed by atoms with E-state index in [1.165, 1.54) is 15.9 Å². The van der Waals surface area contributed by atoms with Crippen molar-refractivity contribution in [3.8, 4) is 22.9 Å². The van der Waals surface area contributed by atoms with Gasteiger partial charge in [0.2, 0.25) is 4.96 Å². The Kier molecular flexibility index (Phi) is 4.14. The quantitative estimate of drug-likeness (QED) is 0.556. The van der Waals surface area contributed by atoms with Crippen molar-refractivity contribution in [2.45, 2.75) is 0 Å². The van der Waals surface area contributed by atoms with Crippen LogP contribution in [0, 0.1) is 0 Å². The van der Waals surface area contributed by atoms with E-state index in [0.29, 0.717) is 26.8 Å². The highest BCUT2D eigenvalue weighted by Crippen LogP contribution is 2.27. The number of fused-ring (bicyclic) bond motifs is 1. The molecule has 4 aromatic rings. The predicted octanol–water partition coefficient (Wildman–Crippen LogP) is 2.38. The summed E-state index contributed by atoms with van der Waals surface area (Å²) in [6, 6.07) is 15.0. The molecule has 0 radical (unpaired) electrons. The van der Waals surface area contributed by atoms with Gasteiger partial charge in [-0.2, -0.15) is 9.50 Å². The summed E-state index contributed by atoms with van der Waals surface area (Å²) in [6.45, 7) is 0. The smallest absolute Gasteiger partial charge is 0.291 e. The zero-order chi connectivity index (χ0) is 18.1. The molecule has 0 amide bonds. The van der Waals surface area contributed by atoms with Gasteiger partial charge in [-0.25, -0.2) is 0 Å². The lowest BCUT2D eigenvalue weighted by Crippen LogP contribution is -2.23. The van der Waals surface area contributed by atoms with E-state index in [1.807, 2.05) is 48.5 Å². The van der Waals surface area contributed by atoms with Crippen LogP contribution in [0.3, 0.4) is 0 Å². The highest BCUT2D eigenvalue weighted by molar-refractivity contribution is 7.15. The number of nitrogens with zero attached hydrogens (tertiary/aromatic N) is 3. The summed E-state index contributed by atoms with van der Waals surface area (Å²) in [4.78, 5) is 17.7. The average Bonchev–Trinajstić information content (AvgIpc) is 3.22. The molecule has 0 unspecified atom stereocenters. The number of rotatable bonds is 4. The first-order valence-electron chi connectivity index (χ1n) is 7.89. The van der Waals surface area contributed by atoms with Gasteiger partial charge < -0.3 is 9.47 Å². The van der Waals surface area contributed by atoms with Crippen LogP contribution in [0.5, 0.6) is 11.5 Å². The second kappa shape index (κ2) is 6.61. The van der Waals surface area contributed by atoms with Gasteiger partial charge in [0.15, 0.2) is 5.82 Å². The monoisotopic (exact) mass is 365 g/mol. The Labute approximate surface area is 153 Å². The van der Waals surface area contributed by atoms with Gasteiger partial charge >= 0.3 is 0 Å². The number of methoxy groups -OCH3 is 2. The molecular weight excluding hydrogens is 350 g/mol. The maximum absolute atomic E-state index is 12.7. The largest absolute Gasteiger partial charge is 0.496 e. The molecule has 0 fully saturated rings. The normalized spacial score (nSPS) is 11.8. The molecule has 0 aliphatic rings. The summed E-state index contributed by atoms with van der Waals surface area (Å²) in [6.07, 6.45) is 1.80. The van der Waals surface area contributed by atoms with Crippen molar-refractivity contribution in [3.63, 3.8) is 0 Å². The maximum Gasteiger partial charge on any atom is 0.291 e. The molecule has 0 saturated heterocycles. The molecule has 2 heterocycles. The zero-order valence-corrected chi connectivity index (χ0v) is 15.0. The fourth-order valence-electron chi connectivity index (χ4n) is 2.70. The standard InChI is InChI=1S/C19H15N3O3S/c1-24-14-9-5-3-7-12(14)11-16-18(23)22-19(26-16)20-17(21-22)13-8-4-6-10-15(13)25-2/h3-11H,1-2H3/b16-11+. The topological polar surface area (TPSA) is 65.7 Å². The van der Waals surface area contributed by atoms with Crippen molar-refractivity contribution in [2.75, 3.05) is 14.2 Å². The van der Waals surface area contributed by atoms with Crippen molar-refractivity contribution in [3.05, 3.63) is 69.0 Å². The molecule has 0 aliphatic carbocycles. The molecule has 0 spiro atoms. The molecular formula is C19H15N3O3S. The van der Waals surface area contributed by atoms with E-state index >= 15 is 0 Å². The molecule has 0 N–H and O–H groups in total. The van der Waals surface area contributed by atoms with Crippen molar-refractivity contribution >= 4 is 22.4 Å². The van der Waals surface area contributed by atoms with Gasteiger partial charge in [-0.05, 0) is 24.3 Å². The first-order valence-corrected chi connectivity index (χ1v) is 8.70. The minimum Gasteiger partial charge on any atom is -0.496 e.